The monoisotopic (exact) mass is 311 g/mol. The van der Waals surface area contributed by atoms with E-state index in [0.717, 1.165) is 24.9 Å². The first-order valence-electron chi connectivity index (χ1n) is 8.07. The predicted molar refractivity (Wildman–Crippen MR) is 87.6 cm³/mol. The van der Waals surface area contributed by atoms with E-state index in [1.807, 2.05) is 35.2 Å². The molecule has 1 aliphatic heterocycles. The van der Waals surface area contributed by atoms with Gasteiger partial charge in [-0.15, -0.1) is 0 Å². The zero-order valence-electron chi connectivity index (χ0n) is 13.0. The molecule has 3 rings (SSSR count). The molecule has 5 heteroatoms. The number of nitrogens with zero attached hydrogens (tertiary/aromatic N) is 1. The van der Waals surface area contributed by atoms with Gasteiger partial charge in [0.2, 0.25) is 5.91 Å². The summed E-state index contributed by atoms with van der Waals surface area (Å²) in [6, 6.07) is 9.88. The molecule has 0 bridgehead atoms. The molecule has 23 heavy (non-hydrogen) atoms. The fourth-order valence-electron chi connectivity index (χ4n) is 2.78. The Bertz CT molecular complexity index is 629. The average Bonchev–Trinajstić information content (AvgIpc) is 3.34. The van der Waals surface area contributed by atoms with Crippen LogP contribution in [0.5, 0.6) is 0 Å². The van der Waals surface area contributed by atoms with Crippen LogP contribution in [0, 0.1) is 17.8 Å². The van der Waals surface area contributed by atoms with Crippen LogP contribution in [-0.2, 0) is 4.79 Å². The van der Waals surface area contributed by atoms with Crippen LogP contribution in [0.4, 0.5) is 4.79 Å². The lowest BCUT2D eigenvalue weighted by Gasteiger charge is -2.15. The lowest BCUT2D eigenvalue weighted by atomic mass is 10.1. The van der Waals surface area contributed by atoms with Gasteiger partial charge in [0.1, 0.15) is 0 Å². The summed E-state index contributed by atoms with van der Waals surface area (Å²) in [4.78, 5) is 25.5. The topological polar surface area (TPSA) is 61.4 Å². The number of amides is 3. The van der Waals surface area contributed by atoms with Crippen LogP contribution >= 0.6 is 0 Å². The number of urea groups is 1. The first-order valence-corrected chi connectivity index (χ1v) is 8.07. The van der Waals surface area contributed by atoms with Gasteiger partial charge in [-0.25, -0.2) is 4.79 Å². The summed E-state index contributed by atoms with van der Waals surface area (Å²) in [5, 5.41) is 5.54. The molecule has 0 spiro atoms. The highest BCUT2D eigenvalue weighted by Gasteiger charge is 2.39. The van der Waals surface area contributed by atoms with Crippen molar-refractivity contribution in [2.24, 2.45) is 5.92 Å². The third-order valence-corrected chi connectivity index (χ3v) is 4.12. The molecule has 1 aromatic rings. The van der Waals surface area contributed by atoms with E-state index in [1.54, 1.807) is 0 Å². The fourth-order valence-corrected chi connectivity index (χ4v) is 2.78. The molecular weight excluding hydrogens is 290 g/mol. The van der Waals surface area contributed by atoms with Gasteiger partial charge in [-0.2, -0.15) is 0 Å². The second-order valence-corrected chi connectivity index (χ2v) is 6.08. The highest BCUT2D eigenvalue weighted by atomic mass is 16.2. The second-order valence-electron chi connectivity index (χ2n) is 6.08. The minimum atomic E-state index is -0.232. The standard InChI is InChI=1S/C18H21N3O2/c22-17-11-15(13-21(17)16-8-9-16)12-20-18(23)19-10-4-7-14-5-2-1-3-6-14/h1-3,5-6,15-16H,8-13H2,(H2,19,20,23)/t15-/m1/s1. The summed E-state index contributed by atoms with van der Waals surface area (Å²) in [5.74, 6) is 6.35. The van der Waals surface area contributed by atoms with Gasteiger partial charge in [0.05, 0.1) is 6.54 Å². The Morgan fingerprint density at radius 1 is 1.22 bits per heavy atom. The Balaban J connectivity index is 1.34. The molecule has 0 radical (unpaired) electrons. The molecule has 1 saturated heterocycles. The van der Waals surface area contributed by atoms with Crippen molar-refractivity contribution in [1.82, 2.24) is 15.5 Å². The van der Waals surface area contributed by atoms with Gasteiger partial charge in [0.25, 0.3) is 0 Å². The van der Waals surface area contributed by atoms with Gasteiger partial charge in [-0.05, 0) is 25.0 Å². The molecule has 1 aromatic carbocycles. The Labute approximate surface area is 136 Å². The average molecular weight is 311 g/mol. The van der Waals surface area contributed by atoms with E-state index < -0.39 is 0 Å². The molecule has 2 aliphatic rings. The largest absolute Gasteiger partial charge is 0.339 e. The van der Waals surface area contributed by atoms with E-state index in [0.29, 0.717) is 25.6 Å². The Kier molecular flexibility index (Phi) is 4.82. The summed E-state index contributed by atoms with van der Waals surface area (Å²) < 4.78 is 0. The van der Waals surface area contributed by atoms with Crippen molar-refractivity contribution >= 4 is 11.9 Å². The number of hydrogen-bond acceptors (Lipinski definition) is 2. The highest BCUT2D eigenvalue weighted by Crippen LogP contribution is 2.32. The zero-order valence-corrected chi connectivity index (χ0v) is 13.0. The molecule has 1 saturated carbocycles. The molecule has 1 aliphatic carbocycles. The highest BCUT2D eigenvalue weighted by molar-refractivity contribution is 5.79. The molecule has 0 unspecified atom stereocenters. The number of rotatable bonds is 4. The number of benzene rings is 1. The Hall–Kier alpha value is -2.48. The van der Waals surface area contributed by atoms with Crippen molar-refractivity contribution in [3.63, 3.8) is 0 Å². The normalized spacial score (nSPS) is 19.9. The quantitative estimate of drug-likeness (QED) is 0.825. The smallest absolute Gasteiger partial charge is 0.315 e. The van der Waals surface area contributed by atoms with Crippen LogP contribution in [0.2, 0.25) is 0 Å². The van der Waals surface area contributed by atoms with Crippen LogP contribution in [-0.4, -0.2) is 42.5 Å². The second kappa shape index (κ2) is 7.19. The lowest BCUT2D eigenvalue weighted by molar-refractivity contribution is -0.128. The van der Waals surface area contributed by atoms with Gasteiger partial charge in [-0.3, -0.25) is 4.79 Å². The third-order valence-electron chi connectivity index (χ3n) is 4.12. The van der Waals surface area contributed by atoms with Crippen molar-refractivity contribution in [1.29, 1.82) is 0 Å². The van der Waals surface area contributed by atoms with E-state index in [1.165, 1.54) is 0 Å². The number of carbonyl (C=O) groups excluding carboxylic acids is 2. The summed E-state index contributed by atoms with van der Waals surface area (Å²) >= 11 is 0. The molecule has 120 valence electrons. The van der Waals surface area contributed by atoms with Crippen LogP contribution < -0.4 is 10.6 Å². The van der Waals surface area contributed by atoms with Gasteiger partial charge in [-0.1, -0.05) is 30.0 Å². The van der Waals surface area contributed by atoms with Gasteiger partial charge in [0, 0.05) is 37.0 Å². The van der Waals surface area contributed by atoms with Crippen molar-refractivity contribution in [2.75, 3.05) is 19.6 Å². The van der Waals surface area contributed by atoms with E-state index in [-0.39, 0.29) is 17.9 Å². The number of carbonyl (C=O) groups is 2. The van der Waals surface area contributed by atoms with Gasteiger partial charge in [0.15, 0.2) is 0 Å². The van der Waals surface area contributed by atoms with E-state index in [4.69, 9.17) is 0 Å². The SMILES string of the molecule is O=C(NCC#Cc1ccccc1)NC[C@H]1CC(=O)N(C2CC2)C1. The van der Waals surface area contributed by atoms with Crippen molar-refractivity contribution in [3.8, 4) is 11.8 Å². The Morgan fingerprint density at radius 2 is 2.00 bits per heavy atom. The first kappa shape index (κ1) is 15.4. The molecule has 1 atom stereocenters. The zero-order chi connectivity index (χ0) is 16.1. The maximum absolute atomic E-state index is 11.8. The van der Waals surface area contributed by atoms with Crippen molar-refractivity contribution in [2.45, 2.75) is 25.3 Å². The summed E-state index contributed by atoms with van der Waals surface area (Å²) in [5.41, 5.74) is 0.930. The third kappa shape index (κ3) is 4.49. The summed E-state index contributed by atoms with van der Waals surface area (Å²) in [6.07, 6.45) is 2.81. The molecule has 3 amide bonds. The Morgan fingerprint density at radius 3 is 2.74 bits per heavy atom. The molecule has 1 heterocycles. The maximum Gasteiger partial charge on any atom is 0.315 e. The van der Waals surface area contributed by atoms with Crippen LogP contribution in [0.25, 0.3) is 0 Å². The number of nitrogens with one attached hydrogen (secondary N) is 2. The molecule has 2 N–H and O–H groups in total. The molecule has 5 nitrogen and oxygen atoms in total. The van der Waals surface area contributed by atoms with Crippen molar-refractivity contribution in [3.05, 3.63) is 35.9 Å². The van der Waals surface area contributed by atoms with Gasteiger partial charge < -0.3 is 15.5 Å². The summed E-state index contributed by atoms with van der Waals surface area (Å²) in [7, 11) is 0. The van der Waals surface area contributed by atoms with Crippen molar-refractivity contribution < 1.29 is 9.59 Å². The first-order chi connectivity index (χ1) is 11.2. The van der Waals surface area contributed by atoms with E-state index in [9.17, 15) is 9.59 Å². The molecule has 0 aromatic heterocycles. The lowest BCUT2D eigenvalue weighted by Crippen LogP contribution is -2.39. The van der Waals surface area contributed by atoms with E-state index >= 15 is 0 Å². The predicted octanol–water partition coefficient (Wildman–Crippen LogP) is 1.35. The van der Waals surface area contributed by atoms with Crippen LogP contribution in [0.3, 0.4) is 0 Å². The van der Waals surface area contributed by atoms with Crippen LogP contribution in [0.1, 0.15) is 24.8 Å². The molecule has 2 fully saturated rings. The van der Waals surface area contributed by atoms with Crippen LogP contribution in [0.15, 0.2) is 30.3 Å². The van der Waals surface area contributed by atoms with E-state index in [2.05, 4.69) is 22.5 Å². The molecular formula is C18H21N3O2. The number of likely N-dealkylation sites (tertiary alicyclic amines) is 1. The summed E-state index contributed by atoms with van der Waals surface area (Å²) in [6.45, 7) is 1.61. The van der Waals surface area contributed by atoms with Gasteiger partial charge >= 0.3 is 6.03 Å². The maximum atomic E-state index is 11.8. The minimum Gasteiger partial charge on any atom is -0.339 e. The minimum absolute atomic E-state index is 0.226. The number of hydrogen-bond donors (Lipinski definition) is 2. The fraction of sp³-hybridized carbons (Fsp3) is 0.444.